The Morgan fingerprint density at radius 3 is 2.48 bits per heavy atom. The van der Waals surface area contributed by atoms with Crippen molar-refractivity contribution in [2.45, 2.75) is 44.0 Å². The minimum atomic E-state index is -3.78. The molecule has 116 valence electrons. The molecular weight excluding hydrogens is 291 g/mol. The van der Waals surface area contributed by atoms with Gasteiger partial charge in [0.1, 0.15) is 5.82 Å². The van der Waals surface area contributed by atoms with Crippen LogP contribution in [0.1, 0.15) is 39.2 Å². The molecule has 0 heterocycles. The van der Waals surface area contributed by atoms with Crippen LogP contribution in [0.5, 0.6) is 0 Å². The topological polar surface area (TPSA) is 72.2 Å². The van der Waals surface area contributed by atoms with E-state index in [1.54, 1.807) is 0 Å². The summed E-state index contributed by atoms with van der Waals surface area (Å²) in [6, 6.07) is 3.44. The molecule has 0 aromatic heterocycles. The number of nitrogens with one attached hydrogen (secondary N) is 1. The maximum atomic E-state index is 13.3. The first-order chi connectivity index (χ1) is 9.78. The van der Waals surface area contributed by atoms with Crippen LogP contribution in [0.25, 0.3) is 0 Å². The zero-order valence-electron chi connectivity index (χ0n) is 12.5. The van der Waals surface area contributed by atoms with Crippen LogP contribution in [0.2, 0.25) is 0 Å². The van der Waals surface area contributed by atoms with Crippen LogP contribution < -0.4 is 10.5 Å². The average Bonchev–Trinajstić information content (AvgIpc) is 2.44. The van der Waals surface area contributed by atoms with E-state index < -0.39 is 21.4 Å². The van der Waals surface area contributed by atoms with E-state index in [0.29, 0.717) is 12.8 Å². The molecule has 21 heavy (non-hydrogen) atoms. The molecule has 1 rings (SSSR count). The molecule has 0 fully saturated rings. The highest BCUT2D eigenvalue weighted by Gasteiger charge is 2.28. The first kappa shape index (κ1) is 17.6. The second kappa shape index (κ2) is 7.03. The maximum absolute atomic E-state index is 13.3. The van der Waals surface area contributed by atoms with Crippen molar-refractivity contribution >= 4 is 10.0 Å². The van der Waals surface area contributed by atoms with Crippen LogP contribution in [-0.2, 0) is 10.0 Å². The Morgan fingerprint density at radius 1 is 1.33 bits per heavy atom. The molecule has 4 nitrogen and oxygen atoms in total. The van der Waals surface area contributed by atoms with Crippen molar-refractivity contribution in [3.8, 4) is 11.8 Å². The number of hydrogen-bond donors (Lipinski definition) is 2. The smallest absolute Gasteiger partial charge is 0.242 e. The summed E-state index contributed by atoms with van der Waals surface area (Å²) in [5, 5.41) is 0. The summed E-state index contributed by atoms with van der Waals surface area (Å²) in [6.07, 6.45) is 1.29. The molecule has 0 unspecified atom stereocenters. The molecule has 0 aliphatic rings. The third kappa shape index (κ3) is 4.53. The Bertz CT molecular complexity index is 656. The number of sulfonamides is 1. The van der Waals surface area contributed by atoms with Crippen LogP contribution in [0.4, 0.5) is 4.39 Å². The quantitative estimate of drug-likeness (QED) is 0.817. The standard InChI is InChI=1S/C15H21FN2O2S/c1-4-15(3,5-2)18-21(19,20)14-9-8-13(16)11-12(14)7-6-10-17/h8-9,11,18H,4-5,10,17H2,1-3H3. The lowest BCUT2D eigenvalue weighted by Crippen LogP contribution is -2.45. The molecule has 0 radical (unpaired) electrons. The predicted octanol–water partition coefficient (Wildman–Crippen LogP) is 1.99. The molecule has 0 spiro atoms. The van der Waals surface area contributed by atoms with Crippen LogP contribution in [-0.4, -0.2) is 20.5 Å². The van der Waals surface area contributed by atoms with Gasteiger partial charge in [0.2, 0.25) is 10.0 Å². The van der Waals surface area contributed by atoms with Crippen molar-refractivity contribution in [1.82, 2.24) is 4.72 Å². The lowest BCUT2D eigenvalue weighted by atomic mass is 9.98. The molecule has 3 N–H and O–H groups in total. The molecule has 0 saturated carbocycles. The summed E-state index contributed by atoms with van der Waals surface area (Å²) >= 11 is 0. The van der Waals surface area contributed by atoms with Crippen molar-refractivity contribution < 1.29 is 12.8 Å². The van der Waals surface area contributed by atoms with Gasteiger partial charge in [0.25, 0.3) is 0 Å². The molecule has 0 saturated heterocycles. The summed E-state index contributed by atoms with van der Waals surface area (Å²) in [6.45, 7) is 5.72. The number of nitrogens with two attached hydrogens (primary N) is 1. The number of halogens is 1. The van der Waals surface area contributed by atoms with Crippen molar-refractivity contribution in [2.24, 2.45) is 5.73 Å². The molecule has 6 heteroatoms. The minimum Gasteiger partial charge on any atom is -0.320 e. The molecule has 0 bridgehead atoms. The number of hydrogen-bond acceptors (Lipinski definition) is 3. The normalized spacial score (nSPS) is 11.9. The Labute approximate surface area is 126 Å². The van der Waals surface area contributed by atoms with E-state index in [9.17, 15) is 12.8 Å². The summed E-state index contributed by atoms with van der Waals surface area (Å²) in [4.78, 5) is -0.0297. The van der Waals surface area contributed by atoms with Gasteiger partial charge in [-0.2, -0.15) is 0 Å². The van der Waals surface area contributed by atoms with Gasteiger partial charge in [-0.1, -0.05) is 25.7 Å². The fourth-order valence-corrected chi connectivity index (χ4v) is 3.45. The fraction of sp³-hybridized carbons (Fsp3) is 0.467. The third-order valence-corrected chi connectivity index (χ3v) is 5.19. The lowest BCUT2D eigenvalue weighted by molar-refractivity contribution is 0.388. The molecular formula is C15H21FN2O2S. The highest BCUT2D eigenvalue weighted by atomic mass is 32.2. The Kier molecular flexibility index (Phi) is 5.90. The van der Waals surface area contributed by atoms with Gasteiger partial charge in [-0.15, -0.1) is 0 Å². The zero-order chi connectivity index (χ0) is 16.1. The van der Waals surface area contributed by atoms with Gasteiger partial charge in [0.15, 0.2) is 0 Å². The van der Waals surface area contributed by atoms with Crippen molar-refractivity contribution in [1.29, 1.82) is 0 Å². The molecule has 0 atom stereocenters. The molecule has 1 aromatic rings. The van der Waals surface area contributed by atoms with E-state index in [2.05, 4.69) is 16.6 Å². The van der Waals surface area contributed by atoms with Crippen molar-refractivity contribution in [3.63, 3.8) is 0 Å². The predicted molar refractivity (Wildman–Crippen MR) is 81.6 cm³/mol. The second-order valence-electron chi connectivity index (χ2n) is 5.02. The zero-order valence-corrected chi connectivity index (χ0v) is 13.3. The third-order valence-electron chi connectivity index (χ3n) is 3.50. The Hall–Kier alpha value is -1.42. The van der Waals surface area contributed by atoms with Crippen molar-refractivity contribution in [2.75, 3.05) is 6.54 Å². The van der Waals surface area contributed by atoms with E-state index in [0.717, 1.165) is 12.1 Å². The van der Waals surface area contributed by atoms with Gasteiger partial charge in [-0.25, -0.2) is 17.5 Å². The van der Waals surface area contributed by atoms with E-state index >= 15 is 0 Å². The van der Waals surface area contributed by atoms with Gasteiger partial charge in [-0.3, -0.25) is 0 Å². The number of rotatable bonds is 5. The summed E-state index contributed by atoms with van der Waals surface area (Å²) in [7, 11) is -3.78. The van der Waals surface area contributed by atoms with Crippen LogP contribution in [0, 0.1) is 17.7 Å². The van der Waals surface area contributed by atoms with Gasteiger partial charge in [-0.05, 0) is 38.0 Å². The maximum Gasteiger partial charge on any atom is 0.242 e. The summed E-state index contributed by atoms with van der Waals surface area (Å²) < 4.78 is 41.0. The monoisotopic (exact) mass is 312 g/mol. The van der Waals surface area contributed by atoms with Crippen LogP contribution in [0.15, 0.2) is 23.1 Å². The van der Waals surface area contributed by atoms with E-state index in [4.69, 9.17) is 5.73 Å². The van der Waals surface area contributed by atoms with Gasteiger partial charge in [0, 0.05) is 11.1 Å². The Balaban J connectivity index is 3.32. The first-order valence-corrected chi connectivity index (χ1v) is 8.28. The lowest BCUT2D eigenvalue weighted by Gasteiger charge is -2.28. The molecule has 0 amide bonds. The number of benzene rings is 1. The highest BCUT2D eigenvalue weighted by Crippen LogP contribution is 2.21. The Morgan fingerprint density at radius 2 is 1.95 bits per heavy atom. The molecule has 0 aliphatic heterocycles. The van der Waals surface area contributed by atoms with Gasteiger partial charge in [0.05, 0.1) is 11.4 Å². The van der Waals surface area contributed by atoms with E-state index in [1.807, 2.05) is 20.8 Å². The molecule has 1 aromatic carbocycles. The first-order valence-electron chi connectivity index (χ1n) is 6.80. The minimum absolute atomic E-state index is 0.0297. The van der Waals surface area contributed by atoms with Crippen molar-refractivity contribution in [3.05, 3.63) is 29.6 Å². The second-order valence-corrected chi connectivity index (χ2v) is 6.67. The summed E-state index contributed by atoms with van der Waals surface area (Å²) in [5.74, 6) is 4.62. The van der Waals surface area contributed by atoms with Crippen LogP contribution in [0.3, 0.4) is 0 Å². The largest absolute Gasteiger partial charge is 0.320 e. The van der Waals surface area contributed by atoms with Crippen LogP contribution >= 0.6 is 0 Å². The molecule has 0 aliphatic carbocycles. The van der Waals surface area contributed by atoms with E-state index in [-0.39, 0.29) is 17.0 Å². The average molecular weight is 312 g/mol. The fourth-order valence-electron chi connectivity index (χ4n) is 1.75. The van der Waals surface area contributed by atoms with Gasteiger partial charge >= 0.3 is 0 Å². The summed E-state index contributed by atoms with van der Waals surface area (Å²) in [5.41, 5.74) is 4.85. The van der Waals surface area contributed by atoms with E-state index in [1.165, 1.54) is 6.07 Å². The van der Waals surface area contributed by atoms with Gasteiger partial charge < -0.3 is 5.73 Å². The highest BCUT2D eigenvalue weighted by molar-refractivity contribution is 7.89. The SMILES string of the molecule is CCC(C)(CC)NS(=O)(=O)c1ccc(F)cc1C#CCN.